The summed E-state index contributed by atoms with van der Waals surface area (Å²) >= 11 is 0. The summed E-state index contributed by atoms with van der Waals surface area (Å²) in [6, 6.07) is 0.491. The molecule has 1 saturated heterocycles. The summed E-state index contributed by atoms with van der Waals surface area (Å²) in [7, 11) is 0. The molecule has 14 heavy (non-hydrogen) atoms. The fraction of sp³-hybridized carbons (Fsp3) is 0.917. The second kappa shape index (κ2) is 4.92. The van der Waals surface area contributed by atoms with Gasteiger partial charge in [-0.05, 0) is 32.2 Å². The van der Waals surface area contributed by atoms with Crippen LogP contribution in [0.5, 0.6) is 0 Å². The van der Waals surface area contributed by atoms with Gasteiger partial charge in [0.05, 0.1) is 0 Å². The van der Waals surface area contributed by atoms with Gasteiger partial charge in [0.25, 0.3) is 0 Å². The maximum Gasteiger partial charge on any atom is 0.137 e. The highest BCUT2D eigenvalue weighted by Gasteiger charge is 2.27. The summed E-state index contributed by atoms with van der Waals surface area (Å²) in [5.74, 6) is 0.954. The quantitative estimate of drug-likeness (QED) is 0.748. The van der Waals surface area contributed by atoms with E-state index >= 15 is 0 Å². The molecule has 2 nitrogen and oxygen atoms in total. The Bertz CT molecular complexity index is 190. The van der Waals surface area contributed by atoms with Gasteiger partial charge in [-0.15, -0.1) is 0 Å². The molecule has 0 aromatic carbocycles. The van der Waals surface area contributed by atoms with E-state index in [0.717, 1.165) is 25.8 Å². The van der Waals surface area contributed by atoms with Gasteiger partial charge in [-0.2, -0.15) is 0 Å². The van der Waals surface area contributed by atoms with Crippen molar-refractivity contribution in [2.45, 2.75) is 57.4 Å². The van der Waals surface area contributed by atoms with Crippen molar-refractivity contribution in [3.05, 3.63) is 0 Å². The number of hydrogen-bond acceptors (Lipinski definition) is 2. The zero-order chi connectivity index (χ0) is 9.80. The van der Waals surface area contributed by atoms with Crippen molar-refractivity contribution in [3.63, 3.8) is 0 Å². The molecule has 80 valence electrons. The lowest BCUT2D eigenvalue weighted by atomic mass is 9.80. The summed E-state index contributed by atoms with van der Waals surface area (Å²) < 4.78 is 0. The summed E-state index contributed by atoms with van der Waals surface area (Å²) in [5.41, 5.74) is 0. The number of hydrogen-bond donors (Lipinski definition) is 1. The van der Waals surface area contributed by atoms with Crippen LogP contribution in [-0.4, -0.2) is 18.4 Å². The molecular weight excluding hydrogens is 174 g/mol. The van der Waals surface area contributed by atoms with Crippen LogP contribution in [0, 0.1) is 5.92 Å². The van der Waals surface area contributed by atoms with E-state index in [4.69, 9.17) is 0 Å². The molecule has 0 spiro atoms. The molecule has 0 aromatic rings. The van der Waals surface area contributed by atoms with Crippen molar-refractivity contribution in [1.82, 2.24) is 5.32 Å². The molecule has 2 fully saturated rings. The van der Waals surface area contributed by atoms with Crippen molar-refractivity contribution in [1.29, 1.82) is 0 Å². The maximum atomic E-state index is 11.8. The minimum Gasteiger partial charge on any atom is -0.314 e. The number of carbonyl (C=O) groups excluding carboxylic acids is 1. The first kappa shape index (κ1) is 10.2. The molecule has 0 aromatic heterocycles. The van der Waals surface area contributed by atoms with Gasteiger partial charge in [-0.1, -0.05) is 19.3 Å². The van der Waals surface area contributed by atoms with Gasteiger partial charge in [0, 0.05) is 18.4 Å². The van der Waals surface area contributed by atoms with Crippen molar-refractivity contribution in [2.24, 2.45) is 5.92 Å². The van der Waals surface area contributed by atoms with Gasteiger partial charge < -0.3 is 5.32 Å². The fourth-order valence-electron chi connectivity index (χ4n) is 2.41. The van der Waals surface area contributed by atoms with Crippen molar-refractivity contribution >= 4 is 5.78 Å². The smallest absolute Gasteiger partial charge is 0.137 e. The summed E-state index contributed by atoms with van der Waals surface area (Å²) in [5, 5.41) is 3.49. The van der Waals surface area contributed by atoms with Crippen LogP contribution < -0.4 is 5.32 Å². The van der Waals surface area contributed by atoms with Crippen molar-refractivity contribution in [3.8, 4) is 0 Å². The van der Waals surface area contributed by atoms with Crippen LogP contribution in [0.15, 0.2) is 0 Å². The number of carbonyl (C=O) groups is 1. The van der Waals surface area contributed by atoms with E-state index in [2.05, 4.69) is 5.32 Å². The van der Waals surface area contributed by atoms with Crippen LogP contribution in [0.4, 0.5) is 0 Å². The van der Waals surface area contributed by atoms with Crippen LogP contribution in [0.1, 0.15) is 51.4 Å². The normalized spacial score (nSPS) is 29.3. The minimum atomic E-state index is 0.431. The second-order valence-corrected chi connectivity index (χ2v) is 4.80. The third kappa shape index (κ3) is 2.57. The number of Topliss-reactive ketones (excluding diaryl/α,β-unsaturated/α-hetero) is 1. The SMILES string of the molecule is O=C(CC1CCCCCN1)C1CCC1. The molecule has 2 rings (SSSR count). The number of nitrogens with one attached hydrogen (secondary N) is 1. The van der Waals surface area contributed by atoms with E-state index in [1.54, 1.807) is 0 Å². The molecular formula is C12H21NO. The first-order valence-corrected chi connectivity index (χ1v) is 6.12. The Morgan fingerprint density at radius 1 is 1.07 bits per heavy atom. The van der Waals surface area contributed by atoms with Gasteiger partial charge >= 0.3 is 0 Å². The molecule has 1 aliphatic carbocycles. The summed E-state index contributed by atoms with van der Waals surface area (Å²) in [4.78, 5) is 11.8. The largest absolute Gasteiger partial charge is 0.314 e. The van der Waals surface area contributed by atoms with E-state index in [1.165, 1.54) is 32.1 Å². The Morgan fingerprint density at radius 3 is 2.64 bits per heavy atom. The van der Waals surface area contributed by atoms with Crippen LogP contribution in [0.3, 0.4) is 0 Å². The molecule has 1 atom stereocenters. The molecule has 2 heteroatoms. The highest BCUT2D eigenvalue weighted by Crippen LogP contribution is 2.29. The van der Waals surface area contributed by atoms with Crippen LogP contribution in [-0.2, 0) is 4.79 Å². The van der Waals surface area contributed by atoms with Crippen LogP contribution in [0.25, 0.3) is 0 Å². The van der Waals surface area contributed by atoms with E-state index < -0.39 is 0 Å². The monoisotopic (exact) mass is 195 g/mol. The van der Waals surface area contributed by atoms with Gasteiger partial charge in [0.2, 0.25) is 0 Å². The highest BCUT2D eigenvalue weighted by atomic mass is 16.1. The van der Waals surface area contributed by atoms with E-state index in [-0.39, 0.29) is 0 Å². The van der Waals surface area contributed by atoms with Gasteiger partial charge in [0.1, 0.15) is 5.78 Å². The third-order valence-electron chi connectivity index (χ3n) is 3.67. The Labute approximate surface area is 86.5 Å². The average Bonchev–Trinajstić information content (AvgIpc) is 2.29. The Morgan fingerprint density at radius 2 is 1.93 bits per heavy atom. The lowest BCUT2D eigenvalue weighted by Gasteiger charge is -2.26. The summed E-state index contributed by atoms with van der Waals surface area (Å²) in [6.45, 7) is 1.11. The first-order chi connectivity index (χ1) is 6.86. The molecule has 0 radical (unpaired) electrons. The molecule has 1 N–H and O–H groups in total. The molecule has 1 unspecified atom stereocenters. The van der Waals surface area contributed by atoms with E-state index in [1.807, 2.05) is 0 Å². The fourth-order valence-corrected chi connectivity index (χ4v) is 2.41. The zero-order valence-electron chi connectivity index (χ0n) is 8.93. The highest BCUT2D eigenvalue weighted by molar-refractivity contribution is 5.82. The van der Waals surface area contributed by atoms with Crippen LogP contribution >= 0.6 is 0 Å². The average molecular weight is 195 g/mol. The standard InChI is InChI=1S/C12H21NO/c14-12(10-5-4-6-10)9-11-7-2-1-3-8-13-11/h10-11,13H,1-9H2. The third-order valence-corrected chi connectivity index (χ3v) is 3.67. The van der Waals surface area contributed by atoms with Crippen molar-refractivity contribution < 1.29 is 4.79 Å². The molecule has 0 amide bonds. The Hall–Kier alpha value is -0.370. The molecule has 1 saturated carbocycles. The molecule has 2 aliphatic rings. The Balaban J connectivity index is 1.74. The van der Waals surface area contributed by atoms with E-state index in [0.29, 0.717) is 17.7 Å². The topological polar surface area (TPSA) is 29.1 Å². The predicted octanol–water partition coefficient (Wildman–Crippen LogP) is 2.28. The van der Waals surface area contributed by atoms with E-state index in [9.17, 15) is 4.79 Å². The molecule has 1 aliphatic heterocycles. The summed E-state index contributed by atoms with van der Waals surface area (Å²) in [6.07, 6.45) is 9.51. The number of rotatable bonds is 3. The minimum absolute atomic E-state index is 0.431. The second-order valence-electron chi connectivity index (χ2n) is 4.80. The van der Waals surface area contributed by atoms with Crippen LogP contribution in [0.2, 0.25) is 0 Å². The lowest BCUT2D eigenvalue weighted by molar-refractivity contribution is -0.125. The number of ketones is 1. The zero-order valence-corrected chi connectivity index (χ0v) is 8.93. The van der Waals surface area contributed by atoms with Gasteiger partial charge in [-0.3, -0.25) is 4.79 Å². The lowest BCUT2D eigenvalue weighted by Crippen LogP contribution is -2.34. The predicted molar refractivity (Wildman–Crippen MR) is 57.2 cm³/mol. The van der Waals surface area contributed by atoms with Gasteiger partial charge in [0.15, 0.2) is 0 Å². The first-order valence-electron chi connectivity index (χ1n) is 6.12. The molecule has 1 heterocycles. The van der Waals surface area contributed by atoms with Crippen molar-refractivity contribution in [2.75, 3.05) is 6.54 Å². The maximum absolute atomic E-state index is 11.8. The Kier molecular flexibility index (Phi) is 3.57. The molecule has 0 bridgehead atoms. The van der Waals surface area contributed by atoms with Gasteiger partial charge in [-0.25, -0.2) is 0 Å².